The van der Waals surface area contributed by atoms with Gasteiger partial charge in [-0.2, -0.15) is 17.0 Å². The quantitative estimate of drug-likeness (QED) is 0.773. The molecule has 2 atom stereocenters. The molecule has 7 heteroatoms. The Hall–Kier alpha value is -1.31. The van der Waals surface area contributed by atoms with Crippen molar-refractivity contribution >= 4 is 15.9 Å². The maximum Gasteiger partial charge on any atom is 0.282 e. The molecule has 0 N–H and O–H groups in total. The second-order valence-electron chi connectivity index (χ2n) is 7.20. The maximum atomic E-state index is 13.0. The highest BCUT2D eigenvalue weighted by Gasteiger charge is 2.40. The number of ether oxygens (including phenoxy) is 1. The number of nitrogens with zero attached hydrogens (tertiary/aromatic N) is 3. The molecule has 0 radical (unpaired) electrons. The summed E-state index contributed by atoms with van der Waals surface area (Å²) in [5, 5.41) is 0. The molecule has 25 heavy (non-hydrogen) atoms. The Morgan fingerprint density at radius 3 is 2.60 bits per heavy atom. The van der Waals surface area contributed by atoms with E-state index in [1.807, 2.05) is 31.2 Å². The molecule has 1 heterocycles. The van der Waals surface area contributed by atoms with Crippen molar-refractivity contribution in [1.29, 1.82) is 0 Å². The van der Waals surface area contributed by atoms with Gasteiger partial charge in [0.25, 0.3) is 10.2 Å². The van der Waals surface area contributed by atoms with E-state index >= 15 is 0 Å². The van der Waals surface area contributed by atoms with E-state index in [1.165, 1.54) is 0 Å². The summed E-state index contributed by atoms with van der Waals surface area (Å²) in [6.45, 7) is 5.78. The molecule has 6 nitrogen and oxygen atoms in total. The van der Waals surface area contributed by atoms with Gasteiger partial charge < -0.3 is 9.64 Å². The van der Waals surface area contributed by atoms with Crippen molar-refractivity contribution < 1.29 is 13.2 Å². The van der Waals surface area contributed by atoms with E-state index in [0.29, 0.717) is 25.6 Å². The van der Waals surface area contributed by atoms with Crippen molar-refractivity contribution in [1.82, 2.24) is 8.61 Å². The summed E-state index contributed by atoms with van der Waals surface area (Å²) < 4.78 is 34.4. The molecule has 0 bridgehead atoms. The number of anilines is 1. The van der Waals surface area contributed by atoms with Crippen LogP contribution in [0.2, 0.25) is 0 Å². The van der Waals surface area contributed by atoms with Gasteiger partial charge in [-0.25, -0.2) is 0 Å². The van der Waals surface area contributed by atoms with Gasteiger partial charge in [0.2, 0.25) is 0 Å². The minimum Gasteiger partial charge on any atom is -0.497 e. The van der Waals surface area contributed by atoms with Crippen molar-refractivity contribution in [3.8, 4) is 5.75 Å². The molecule has 0 unspecified atom stereocenters. The molecule has 140 valence electrons. The van der Waals surface area contributed by atoms with Crippen LogP contribution in [0.5, 0.6) is 5.75 Å². The van der Waals surface area contributed by atoms with E-state index < -0.39 is 10.2 Å². The van der Waals surface area contributed by atoms with Gasteiger partial charge in [-0.1, -0.05) is 6.07 Å². The third-order valence-corrected chi connectivity index (χ3v) is 7.59. The number of hydrogen-bond donors (Lipinski definition) is 0. The minimum absolute atomic E-state index is 0.0803. The zero-order valence-electron chi connectivity index (χ0n) is 15.6. The molecule has 3 rings (SSSR count). The Labute approximate surface area is 151 Å². The highest BCUT2D eigenvalue weighted by atomic mass is 32.2. The van der Waals surface area contributed by atoms with Gasteiger partial charge in [-0.05, 0) is 44.7 Å². The number of benzene rings is 1. The van der Waals surface area contributed by atoms with Gasteiger partial charge in [-0.3, -0.25) is 0 Å². The molecule has 0 spiro atoms. The fraction of sp³-hybridized carbons (Fsp3) is 0.667. The van der Waals surface area contributed by atoms with Crippen LogP contribution < -0.4 is 9.64 Å². The van der Waals surface area contributed by atoms with Crippen LogP contribution in [0.15, 0.2) is 24.3 Å². The van der Waals surface area contributed by atoms with Gasteiger partial charge in [0, 0.05) is 50.5 Å². The van der Waals surface area contributed by atoms with Crippen molar-refractivity contribution in [2.24, 2.45) is 5.92 Å². The van der Waals surface area contributed by atoms with Gasteiger partial charge in [0.1, 0.15) is 5.75 Å². The average Bonchev–Trinajstić information content (AvgIpc) is 3.45. The summed E-state index contributed by atoms with van der Waals surface area (Å²) >= 11 is 0. The van der Waals surface area contributed by atoms with E-state index in [9.17, 15) is 8.42 Å². The molecule has 2 fully saturated rings. The largest absolute Gasteiger partial charge is 0.497 e. The summed E-state index contributed by atoms with van der Waals surface area (Å²) in [5.41, 5.74) is 1.07. The Kier molecular flexibility index (Phi) is 5.27. The average molecular weight is 368 g/mol. The summed E-state index contributed by atoms with van der Waals surface area (Å²) in [6, 6.07) is 8.13. The second kappa shape index (κ2) is 7.13. The van der Waals surface area contributed by atoms with Gasteiger partial charge in [0.05, 0.1) is 7.11 Å². The van der Waals surface area contributed by atoms with Crippen LogP contribution in [0.4, 0.5) is 5.69 Å². The third-order valence-electron chi connectivity index (χ3n) is 5.54. The number of hydrogen-bond acceptors (Lipinski definition) is 4. The first-order valence-electron chi connectivity index (χ1n) is 8.98. The van der Waals surface area contributed by atoms with Gasteiger partial charge in [-0.15, -0.1) is 0 Å². The van der Waals surface area contributed by atoms with Crippen LogP contribution in [-0.4, -0.2) is 62.9 Å². The summed E-state index contributed by atoms with van der Waals surface area (Å²) in [4.78, 5) is 2.25. The van der Waals surface area contributed by atoms with E-state index in [4.69, 9.17) is 4.74 Å². The summed E-state index contributed by atoms with van der Waals surface area (Å²) in [5.74, 6) is 1.34. The highest BCUT2D eigenvalue weighted by molar-refractivity contribution is 7.86. The lowest BCUT2D eigenvalue weighted by molar-refractivity contribution is 0.284. The predicted octanol–water partition coefficient (Wildman–Crippen LogP) is 2.18. The van der Waals surface area contributed by atoms with Crippen molar-refractivity contribution in [3.05, 3.63) is 24.3 Å². The minimum atomic E-state index is -3.40. The lowest BCUT2D eigenvalue weighted by Crippen LogP contribution is -2.57. The molecule has 1 aliphatic heterocycles. The van der Waals surface area contributed by atoms with E-state index in [2.05, 4.69) is 11.8 Å². The molecule has 1 saturated carbocycles. The Balaban J connectivity index is 1.70. The number of piperazine rings is 1. The summed E-state index contributed by atoms with van der Waals surface area (Å²) in [7, 11) is -0.0260. The maximum absolute atomic E-state index is 13.0. The molecule has 1 aromatic carbocycles. The molecular weight excluding hydrogens is 338 g/mol. The lowest BCUT2D eigenvalue weighted by atomic mass is 10.1. The van der Waals surface area contributed by atoms with Crippen molar-refractivity contribution in [2.45, 2.75) is 38.8 Å². The predicted molar refractivity (Wildman–Crippen MR) is 100 cm³/mol. The van der Waals surface area contributed by atoms with Gasteiger partial charge in [0.15, 0.2) is 0 Å². The molecular formula is C18H29N3O3S. The monoisotopic (exact) mass is 367 g/mol. The Morgan fingerprint density at radius 2 is 2.00 bits per heavy atom. The molecule has 0 amide bonds. The molecule has 1 aliphatic carbocycles. The molecule has 1 saturated heterocycles. The van der Waals surface area contributed by atoms with Gasteiger partial charge >= 0.3 is 0 Å². The molecule has 2 aliphatic rings. The number of methoxy groups -OCH3 is 1. The van der Waals surface area contributed by atoms with Crippen LogP contribution in [0, 0.1) is 5.92 Å². The third kappa shape index (κ3) is 3.78. The fourth-order valence-electron chi connectivity index (χ4n) is 3.57. The normalized spacial score (nSPS) is 23.7. The molecule has 0 aromatic heterocycles. The zero-order chi connectivity index (χ0) is 18.2. The first-order valence-corrected chi connectivity index (χ1v) is 10.4. The first-order chi connectivity index (χ1) is 11.8. The summed E-state index contributed by atoms with van der Waals surface area (Å²) in [6.07, 6.45) is 2.28. The fourth-order valence-corrected chi connectivity index (χ4v) is 5.25. The number of rotatable bonds is 6. The Bertz CT molecular complexity index is 705. The van der Waals surface area contributed by atoms with E-state index in [0.717, 1.165) is 24.3 Å². The Morgan fingerprint density at radius 1 is 1.28 bits per heavy atom. The van der Waals surface area contributed by atoms with Crippen LogP contribution >= 0.6 is 0 Å². The second-order valence-corrected chi connectivity index (χ2v) is 9.19. The van der Waals surface area contributed by atoms with E-state index in [-0.39, 0.29) is 12.1 Å². The first kappa shape index (κ1) is 18.5. The topological polar surface area (TPSA) is 53.1 Å². The standard InChI is InChI=1S/C18H29N3O3S/c1-14-13-20(25(22,23)19(3)15(2)16-8-9-16)10-11-21(14)17-6-5-7-18(12-17)24-4/h5-7,12,14-16H,8-11,13H2,1-4H3/t14-,15-/m0/s1. The smallest absolute Gasteiger partial charge is 0.282 e. The zero-order valence-corrected chi connectivity index (χ0v) is 16.4. The van der Waals surface area contributed by atoms with Crippen molar-refractivity contribution in [2.75, 3.05) is 38.7 Å². The SMILES string of the molecule is COc1cccc(N2CCN(S(=O)(=O)N(C)[C@@H](C)C3CC3)C[C@@H]2C)c1. The van der Waals surface area contributed by atoms with E-state index in [1.54, 1.807) is 22.8 Å². The van der Waals surface area contributed by atoms with Crippen LogP contribution in [0.3, 0.4) is 0 Å². The molecule has 1 aromatic rings. The van der Waals surface area contributed by atoms with Crippen LogP contribution in [-0.2, 0) is 10.2 Å². The van der Waals surface area contributed by atoms with Crippen LogP contribution in [0.25, 0.3) is 0 Å². The van der Waals surface area contributed by atoms with Crippen molar-refractivity contribution in [3.63, 3.8) is 0 Å². The highest BCUT2D eigenvalue weighted by Crippen LogP contribution is 2.36. The lowest BCUT2D eigenvalue weighted by Gasteiger charge is -2.42. The van der Waals surface area contributed by atoms with Crippen LogP contribution in [0.1, 0.15) is 26.7 Å².